The first-order valence-corrected chi connectivity index (χ1v) is 4.92. The normalized spacial score (nSPS) is 25.5. The highest BCUT2D eigenvalue weighted by Crippen LogP contribution is 2.37. The predicted molar refractivity (Wildman–Crippen MR) is 54.4 cm³/mol. The van der Waals surface area contributed by atoms with Gasteiger partial charge in [0.1, 0.15) is 5.75 Å². The minimum absolute atomic E-state index is 0.0368. The minimum Gasteiger partial charge on any atom is -0.426 e. The lowest BCUT2D eigenvalue weighted by Crippen LogP contribution is -2.28. The molecule has 2 nitrogen and oxygen atoms in total. The maximum Gasteiger partial charge on any atom is 0.314 e. The van der Waals surface area contributed by atoms with Crippen molar-refractivity contribution in [2.75, 3.05) is 0 Å². The van der Waals surface area contributed by atoms with Crippen LogP contribution in [-0.4, -0.2) is 5.97 Å². The summed E-state index contributed by atoms with van der Waals surface area (Å²) >= 11 is 0. The van der Waals surface area contributed by atoms with Gasteiger partial charge >= 0.3 is 5.97 Å². The Morgan fingerprint density at radius 3 is 2.64 bits per heavy atom. The molecule has 2 rings (SSSR count). The molecule has 0 aliphatic carbocycles. The van der Waals surface area contributed by atoms with Crippen LogP contribution in [0.25, 0.3) is 0 Å². The lowest BCUT2D eigenvalue weighted by atomic mass is 9.86. The van der Waals surface area contributed by atoms with E-state index in [1.54, 1.807) is 0 Å². The van der Waals surface area contributed by atoms with Crippen LogP contribution in [0.3, 0.4) is 0 Å². The fourth-order valence-electron chi connectivity index (χ4n) is 1.78. The van der Waals surface area contributed by atoms with Crippen LogP contribution in [0.1, 0.15) is 30.9 Å². The minimum atomic E-state index is -0.115. The molecule has 0 saturated heterocycles. The van der Waals surface area contributed by atoms with Gasteiger partial charge in [0, 0.05) is 0 Å². The van der Waals surface area contributed by atoms with Gasteiger partial charge in [-0.05, 0) is 30.0 Å². The summed E-state index contributed by atoms with van der Waals surface area (Å²) in [5, 5.41) is 0. The number of rotatable bonds is 0. The fraction of sp³-hybridized carbons (Fsp3) is 0.417. The summed E-state index contributed by atoms with van der Waals surface area (Å²) in [4.78, 5) is 11.5. The number of benzene rings is 1. The number of aryl methyl sites for hydroxylation is 1. The summed E-state index contributed by atoms with van der Waals surface area (Å²) in [5.41, 5.74) is 2.26. The summed E-state index contributed by atoms with van der Waals surface area (Å²) in [6.07, 6.45) is 0. The van der Waals surface area contributed by atoms with Crippen molar-refractivity contribution >= 4 is 5.97 Å². The van der Waals surface area contributed by atoms with Crippen molar-refractivity contribution in [3.8, 4) is 5.75 Å². The third kappa shape index (κ3) is 1.31. The number of fused-ring (bicyclic) bond motifs is 1. The van der Waals surface area contributed by atoms with Gasteiger partial charge in [0.15, 0.2) is 0 Å². The monoisotopic (exact) mass is 190 g/mol. The molecule has 2 atom stereocenters. The van der Waals surface area contributed by atoms with Crippen molar-refractivity contribution in [1.29, 1.82) is 0 Å². The molecule has 0 fully saturated rings. The molecule has 0 aromatic heterocycles. The molecule has 1 aliphatic heterocycles. The lowest BCUT2D eigenvalue weighted by molar-refractivity contribution is -0.140. The first-order valence-electron chi connectivity index (χ1n) is 4.92. The summed E-state index contributed by atoms with van der Waals surface area (Å²) in [6.45, 7) is 5.98. The largest absolute Gasteiger partial charge is 0.426 e. The molecule has 2 unspecified atom stereocenters. The Labute approximate surface area is 83.9 Å². The van der Waals surface area contributed by atoms with Crippen molar-refractivity contribution in [3.63, 3.8) is 0 Å². The van der Waals surface area contributed by atoms with Crippen molar-refractivity contribution in [2.45, 2.75) is 26.7 Å². The Kier molecular flexibility index (Phi) is 2.06. The Hall–Kier alpha value is -1.31. The molecule has 1 heterocycles. The van der Waals surface area contributed by atoms with Crippen LogP contribution in [0.4, 0.5) is 0 Å². The van der Waals surface area contributed by atoms with Crippen LogP contribution in [0.15, 0.2) is 18.2 Å². The quantitative estimate of drug-likeness (QED) is 0.464. The molecule has 1 aromatic carbocycles. The molecule has 2 heteroatoms. The smallest absolute Gasteiger partial charge is 0.314 e. The van der Waals surface area contributed by atoms with Gasteiger partial charge in [-0.25, -0.2) is 0 Å². The van der Waals surface area contributed by atoms with Gasteiger partial charge in [0.05, 0.1) is 5.92 Å². The number of esters is 1. The Morgan fingerprint density at radius 1 is 1.21 bits per heavy atom. The highest BCUT2D eigenvalue weighted by molar-refractivity contribution is 5.78. The zero-order valence-electron chi connectivity index (χ0n) is 8.70. The Morgan fingerprint density at radius 2 is 1.93 bits per heavy atom. The fourth-order valence-corrected chi connectivity index (χ4v) is 1.78. The maximum atomic E-state index is 11.5. The number of hydrogen-bond acceptors (Lipinski definition) is 2. The van der Waals surface area contributed by atoms with E-state index in [0.717, 1.165) is 16.9 Å². The van der Waals surface area contributed by atoms with Crippen molar-refractivity contribution in [1.82, 2.24) is 0 Å². The summed E-state index contributed by atoms with van der Waals surface area (Å²) < 4.78 is 5.26. The first-order chi connectivity index (χ1) is 6.59. The van der Waals surface area contributed by atoms with E-state index in [1.165, 1.54) is 0 Å². The van der Waals surface area contributed by atoms with E-state index in [2.05, 4.69) is 19.1 Å². The number of carbonyl (C=O) groups excluding carboxylic acids is 1. The van der Waals surface area contributed by atoms with Crippen LogP contribution < -0.4 is 4.74 Å². The third-order valence-corrected chi connectivity index (χ3v) is 2.99. The summed E-state index contributed by atoms with van der Waals surface area (Å²) in [7, 11) is 0. The van der Waals surface area contributed by atoms with Crippen molar-refractivity contribution < 1.29 is 9.53 Å². The third-order valence-electron chi connectivity index (χ3n) is 2.99. The average Bonchev–Trinajstić information content (AvgIpc) is 2.14. The average molecular weight is 190 g/mol. The zero-order chi connectivity index (χ0) is 10.3. The Bertz CT molecular complexity index is 382. The molecule has 1 aromatic rings. The number of hydrogen-bond donors (Lipinski definition) is 0. The van der Waals surface area contributed by atoms with Gasteiger partial charge < -0.3 is 4.74 Å². The first kappa shape index (κ1) is 9.25. The van der Waals surface area contributed by atoms with E-state index in [0.29, 0.717) is 0 Å². The van der Waals surface area contributed by atoms with Gasteiger partial charge in [-0.3, -0.25) is 4.79 Å². The molecule has 0 radical (unpaired) electrons. The van der Waals surface area contributed by atoms with E-state index in [-0.39, 0.29) is 17.8 Å². The van der Waals surface area contributed by atoms with Crippen molar-refractivity contribution in [3.05, 3.63) is 29.3 Å². The van der Waals surface area contributed by atoms with Gasteiger partial charge in [0.25, 0.3) is 0 Å². The Balaban J connectivity index is 2.50. The molecule has 74 valence electrons. The second kappa shape index (κ2) is 3.12. The highest BCUT2D eigenvalue weighted by Gasteiger charge is 2.31. The van der Waals surface area contributed by atoms with E-state index >= 15 is 0 Å². The molecular formula is C12H14O2. The van der Waals surface area contributed by atoms with Gasteiger partial charge in [-0.2, -0.15) is 0 Å². The van der Waals surface area contributed by atoms with E-state index < -0.39 is 0 Å². The van der Waals surface area contributed by atoms with Crippen molar-refractivity contribution in [2.24, 2.45) is 5.92 Å². The molecule has 0 saturated carbocycles. The van der Waals surface area contributed by atoms with Crippen LogP contribution in [-0.2, 0) is 4.79 Å². The van der Waals surface area contributed by atoms with Gasteiger partial charge in [-0.1, -0.05) is 26.0 Å². The van der Waals surface area contributed by atoms with Crippen LogP contribution in [0.5, 0.6) is 5.75 Å². The van der Waals surface area contributed by atoms with Crippen LogP contribution in [0, 0.1) is 12.8 Å². The van der Waals surface area contributed by atoms with Crippen LogP contribution >= 0.6 is 0 Å². The summed E-state index contributed by atoms with van der Waals surface area (Å²) in [6, 6.07) is 6.04. The SMILES string of the molecule is Cc1ccc2c(c1)OC(=O)C(C)C2C. The van der Waals surface area contributed by atoms with Crippen LogP contribution in [0.2, 0.25) is 0 Å². The predicted octanol–water partition coefficient (Wildman–Crippen LogP) is 2.65. The lowest BCUT2D eigenvalue weighted by Gasteiger charge is -2.27. The zero-order valence-corrected chi connectivity index (χ0v) is 8.70. The second-order valence-electron chi connectivity index (χ2n) is 4.04. The molecule has 14 heavy (non-hydrogen) atoms. The summed E-state index contributed by atoms with van der Waals surface area (Å²) in [5.74, 6) is 0.841. The van der Waals surface area contributed by atoms with E-state index in [1.807, 2.05) is 19.9 Å². The maximum absolute atomic E-state index is 11.5. The molecule has 0 amide bonds. The number of carbonyl (C=O) groups is 1. The molecular weight excluding hydrogens is 176 g/mol. The van der Waals surface area contributed by atoms with E-state index in [4.69, 9.17) is 4.74 Å². The standard InChI is InChI=1S/C12H14O2/c1-7-4-5-10-8(2)9(3)12(13)14-11(10)6-7/h4-6,8-9H,1-3H3. The number of ether oxygens (including phenoxy) is 1. The second-order valence-corrected chi connectivity index (χ2v) is 4.04. The molecule has 0 bridgehead atoms. The van der Waals surface area contributed by atoms with Gasteiger partial charge in [0.2, 0.25) is 0 Å². The van der Waals surface area contributed by atoms with E-state index in [9.17, 15) is 4.79 Å². The molecule has 0 spiro atoms. The molecule has 0 N–H and O–H groups in total. The molecule has 1 aliphatic rings. The van der Waals surface area contributed by atoms with Gasteiger partial charge in [-0.15, -0.1) is 0 Å². The topological polar surface area (TPSA) is 26.3 Å². The highest BCUT2D eigenvalue weighted by atomic mass is 16.5.